The van der Waals surface area contributed by atoms with Gasteiger partial charge in [0, 0.05) is 31.3 Å². The summed E-state index contributed by atoms with van der Waals surface area (Å²) >= 11 is 0. The van der Waals surface area contributed by atoms with Gasteiger partial charge in [-0.3, -0.25) is 4.79 Å². The number of imidazole rings is 1. The van der Waals surface area contributed by atoms with Gasteiger partial charge in [-0.2, -0.15) is 0 Å². The molecule has 7 heteroatoms. The average molecular weight is 307 g/mol. The number of carbonyl (C=O) groups excluding carboxylic acids is 1. The summed E-state index contributed by atoms with van der Waals surface area (Å²) in [6, 6.07) is 8.15. The molecule has 0 fully saturated rings. The quantitative estimate of drug-likeness (QED) is 0.796. The molecule has 1 heterocycles. The highest BCUT2D eigenvalue weighted by Gasteiger charge is 2.15. The van der Waals surface area contributed by atoms with Crippen LogP contribution in [0.15, 0.2) is 47.8 Å². The highest BCUT2D eigenvalue weighted by atomic mass is 32.2. The average Bonchev–Trinajstić information content (AvgIpc) is 2.99. The number of aromatic nitrogens is 2. The van der Waals surface area contributed by atoms with Gasteiger partial charge in [0.1, 0.15) is 0 Å². The van der Waals surface area contributed by atoms with E-state index >= 15 is 0 Å². The third-order valence-electron chi connectivity index (χ3n) is 2.97. The van der Waals surface area contributed by atoms with Gasteiger partial charge in [0.2, 0.25) is 5.91 Å². The van der Waals surface area contributed by atoms with Crippen LogP contribution in [-0.2, 0) is 21.1 Å². The van der Waals surface area contributed by atoms with E-state index < -0.39 is 9.84 Å². The molecule has 0 saturated heterocycles. The van der Waals surface area contributed by atoms with Crippen LogP contribution in [0.1, 0.15) is 12.1 Å². The highest BCUT2D eigenvalue weighted by Crippen LogP contribution is 2.10. The smallest absolute Gasteiger partial charge is 0.221 e. The summed E-state index contributed by atoms with van der Waals surface area (Å²) in [4.78, 5) is 18.7. The van der Waals surface area contributed by atoms with Crippen LogP contribution in [0.25, 0.3) is 0 Å². The number of nitrogens with one attached hydrogen (secondary N) is 2. The van der Waals surface area contributed by atoms with Crippen molar-refractivity contribution in [1.29, 1.82) is 0 Å². The summed E-state index contributed by atoms with van der Waals surface area (Å²) in [5, 5.41) is 2.69. The minimum Gasteiger partial charge on any atom is -0.356 e. The van der Waals surface area contributed by atoms with Gasteiger partial charge in [-0.1, -0.05) is 18.2 Å². The minimum atomic E-state index is -3.40. The van der Waals surface area contributed by atoms with Crippen LogP contribution in [0.2, 0.25) is 0 Å². The number of nitrogens with zero attached hydrogens (tertiary/aromatic N) is 1. The Bertz CT molecular complexity index is 667. The molecule has 1 aromatic carbocycles. The molecule has 0 aliphatic carbocycles. The number of hydrogen-bond acceptors (Lipinski definition) is 4. The van der Waals surface area contributed by atoms with Crippen molar-refractivity contribution in [2.75, 3.05) is 12.3 Å². The Labute approximate surface area is 123 Å². The van der Waals surface area contributed by atoms with Crippen LogP contribution < -0.4 is 5.32 Å². The Kier molecular flexibility index (Phi) is 5.10. The van der Waals surface area contributed by atoms with E-state index in [1.54, 1.807) is 30.7 Å². The first-order valence-corrected chi connectivity index (χ1v) is 8.25. The Hall–Kier alpha value is -2.15. The van der Waals surface area contributed by atoms with E-state index in [4.69, 9.17) is 0 Å². The van der Waals surface area contributed by atoms with Crippen LogP contribution >= 0.6 is 0 Å². The summed E-state index contributed by atoms with van der Waals surface area (Å²) in [5.74, 6) is -0.457. The molecule has 0 aliphatic rings. The molecule has 1 aromatic heterocycles. The van der Waals surface area contributed by atoms with E-state index in [2.05, 4.69) is 15.3 Å². The van der Waals surface area contributed by atoms with Gasteiger partial charge in [0.25, 0.3) is 0 Å². The second-order valence-corrected chi connectivity index (χ2v) is 6.67. The van der Waals surface area contributed by atoms with Gasteiger partial charge in [-0.15, -0.1) is 0 Å². The van der Waals surface area contributed by atoms with Crippen LogP contribution in [0.3, 0.4) is 0 Å². The Balaban J connectivity index is 1.76. The third-order valence-corrected chi connectivity index (χ3v) is 4.70. The van der Waals surface area contributed by atoms with E-state index in [0.29, 0.717) is 13.0 Å². The summed E-state index contributed by atoms with van der Waals surface area (Å²) in [7, 11) is -3.40. The normalized spacial score (nSPS) is 11.2. The fraction of sp³-hybridized carbons (Fsp3) is 0.286. The second kappa shape index (κ2) is 7.03. The lowest BCUT2D eigenvalue weighted by Gasteiger charge is -2.06. The Morgan fingerprint density at radius 3 is 2.67 bits per heavy atom. The van der Waals surface area contributed by atoms with Crippen LogP contribution in [0, 0.1) is 0 Å². The van der Waals surface area contributed by atoms with Gasteiger partial charge in [-0.25, -0.2) is 13.4 Å². The zero-order valence-corrected chi connectivity index (χ0v) is 12.3. The van der Waals surface area contributed by atoms with Crippen molar-refractivity contribution < 1.29 is 13.2 Å². The zero-order chi connectivity index (χ0) is 15.1. The van der Waals surface area contributed by atoms with Gasteiger partial charge < -0.3 is 10.3 Å². The maximum absolute atomic E-state index is 12.0. The van der Waals surface area contributed by atoms with Crippen LogP contribution in [0.4, 0.5) is 0 Å². The molecule has 1 amide bonds. The third kappa shape index (κ3) is 4.71. The van der Waals surface area contributed by atoms with Crippen molar-refractivity contribution in [2.24, 2.45) is 0 Å². The SMILES string of the molecule is O=C(CCS(=O)(=O)c1ccccc1)NCCc1cnc[nH]1. The van der Waals surface area contributed by atoms with Crippen molar-refractivity contribution in [3.63, 3.8) is 0 Å². The molecule has 0 aliphatic heterocycles. The Morgan fingerprint density at radius 2 is 2.00 bits per heavy atom. The Morgan fingerprint density at radius 1 is 1.24 bits per heavy atom. The van der Waals surface area contributed by atoms with Gasteiger partial charge in [-0.05, 0) is 12.1 Å². The first kappa shape index (κ1) is 15.2. The molecule has 112 valence electrons. The molecule has 21 heavy (non-hydrogen) atoms. The highest BCUT2D eigenvalue weighted by molar-refractivity contribution is 7.91. The molecular formula is C14H17N3O3S. The molecule has 0 radical (unpaired) electrons. The number of carbonyl (C=O) groups is 1. The summed E-state index contributed by atoms with van der Waals surface area (Å²) < 4.78 is 24.0. The van der Waals surface area contributed by atoms with E-state index in [1.165, 1.54) is 12.1 Å². The summed E-state index contributed by atoms with van der Waals surface area (Å²) in [5.41, 5.74) is 0.923. The maximum Gasteiger partial charge on any atom is 0.221 e. The zero-order valence-electron chi connectivity index (χ0n) is 11.5. The molecule has 0 atom stereocenters. The molecule has 0 bridgehead atoms. The standard InChI is InChI=1S/C14H17N3O3S/c18-14(16-8-6-12-10-15-11-17-12)7-9-21(19,20)13-4-2-1-3-5-13/h1-5,10-11H,6-9H2,(H,15,17)(H,16,18). The molecule has 0 saturated carbocycles. The lowest BCUT2D eigenvalue weighted by Crippen LogP contribution is -2.27. The lowest BCUT2D eigenvalue weighted by atomic mass is 10.3. The number of benzene rings is 1. The molecular weight excluding hydrogens is 290 g/mol. The van der Waals surface area contributed by atoms with Gasteiger partial charge in [0.05, 0.1) is 17.0 Å². The van der Waals surface area contributed by atoms with E-state index in [9.17, 15) is 13.2 Å². The van der Waals surface area contributed by atoms with Crippen molar-refractivity contribution in [1.82, 2.24) is 15.3 Å². The predicted molar refractivity (Wildman–Crippen MR) is 78.4 cm³/mol. The second-order valence-electron chi connectivity index (χ2n) is 4.56. The fourth-order valence-corrected chi connectivity index (χ4v) is 3.08. The number of sulfone groups is 1. The molecule has 6 nitrogen and oxygen atoms in total. The molecule has 0 spiro atoms. The largest absolute Gasteiger partial charge is 0.356 e. The summed E-state index contributed by atoms with van der Waals surface area (Å²) in [6.45, 7) is 0.451. The van der Waals surface area contributed by atoms with E-state index in [0.717, 1.165) is 5.69 Å². The predicted octanol–water partition coefficient (Wildman–Crippen LogP) is 0.932. The monoisotopic (exact) mass is 307 g/mol. The maximum atomic E-state index is 12.0. The van der Waals surface area contributed by atoms with Crippen LogP contribution in [0.5, 0.6) is 0 Å². The molecule has 2 N–H and O–H groups in total. The van der Waals surface area contributed by atoms with Crippen LogP contribution in [-0.4, -0.2) is 36.6 Å². The van der Waals surface area contributed by atoms with E-state index in [1.807, 2.05) is 0 Å². The number of aromatic amines is 1. The first-order chi connectivity index (χ1) is 10.1. The van der Waals surface area contributed by atoms with Crippen molar-refractivity contribution >= 4 is 15.7 Å². The molecule has 0 unspecified atom stereocenters. The van der Waals surface area contributed by atoms with Crippen molar-refractivity contribution in [3.05, 3.63) is 48.5 Å². The van der Waals surface area contributed by atoms with Crippen molar-refractivity contribution in [3.8, 4) is 0 Å². The van der Waals surface area contributed by atoms with Gasteiger partial charge in [0.15, 0.2) is 9.84 Å². The number of H-pyrrole nitrogens is 1. The fourth-order valence-electron chi connectivity index (χ4n) is 1.82. The molecule has 2 rings (SSSR count). The topological polar surface area (TPSA) is 91.9 Å². The number of amides is 1. The van der Waals surface area contributed by atoms with Gasteiger partial charge >= 0.3 is 0 Å². The van der Waals surface area contributed by atoms with E-state index in [-0.39, 0.29) is 23.0 Å². The number of hydrogen-bond donors (Lipinski definition) is 2. The molecule has 2 aromatic rings. The first-order valence-electron chi connectivity index (χ1n) is 6.60. The lowest BCUT2D eigenvalue weighted by molar-refractivity contribution is -0.120. The van der Waals surface area contributed by atoms with Crippen molar-refractivity contribution in [2.45, 2.75) is 17.7 Å². The summed E-state index contributed by atoms with van der Waals surface area (Å²) in [6.07, 6.45) is 3.85. The minimum absolute atomic E-state index is 0.0415. The number of rotatable bonds is 7.